The van der Waals surface area contributed by atoms with Crippen molar-refractivity contribution in [2.24, 2.45) is 4.99 Å². The van der Waals surface area contributed by atoms with E-state index in [-0.39, 0.29) is 0 Å². The molecule has 0 saturated carbocycles. The van der Waals surface area contributed by atoms with E-state index in [1.54, 1.807) is 7.11 Å². The molecule has 1 aliphatic heterocycles. The fourth-order valence-electron chi connectivity index (χ4n) is 3.60. The van der Waals surface area contributed by atoms with Crippen LogP contribution < -0.4 is 15.4 Å². The van der Waals surface area contributed by atoms with E-state index in [0.717, 1.165) is 63.7 Å². The predicted octanol–water partition coefficient (Wildman–Crippen LogP) is 3.78. The monoisotopic (exact) mass is 386 g/mol. The highest BCUT2D eigenvalue weighted by Crippen LogP contribution is 2.21. The van der Waals surface area contributed by atoms with E-state index in [4.69, 9.17) is 9.73 Å². The number of benzene rings is 1. The molecule has 0 spiro atoms. The minimum atomic E-state index is 0.475. The molecule has 2 rings (SSSR count). The molecule has 1 aromatic carbocycles. The summed E-state index contributed by atoms with van der Waals surface area (Å²) in [6.45, 7) is 15.5. The molecule has 0 radical (unpaired) electrons. The zero-order valence-corrected chi connectivity index (χ0v) is 18.1. The Morgan fingerprint density at radius 3 is 2.54 bits per heavy atom. The van der Waals surface area contributed by atoms with Crippen LogP contribution in [0.5, 0.6) is 5.75 Å². The number of hydrogen-bond donors (Lipinski definition) is 2. The van der Waals surface area contributed by atoms with Gasteiger partial charge >= 0.3 is 0 Å². The van der Waals surface area contributed by atoms with Gasteiger partial charge in [0.15, 0.2) is 5.96 Å². The Kier molecular flexibility index (Phi) is 9.35. The Morgan fingerprint density at radius 2 is 1.96 bits per heavy atom. The van der Waals surface area contributed by atoms with Gasteiger partial charge < -0.3 is 15.4 Å². The molecule has 1 saturated heterocycles. The van der Waals surface area contributed by atoms with Crippen molar-refractivity contribution in [3.8, 4) is 5.75 Å². The number of guanidine groups is 1. The molecular weight excluding hydrogens is 348 g/mol. The molecule has 1 heterocycles. The third kappa shape index (κ3) is 7.55. The van der Waals surface area contributed by atoms with Crippen LogP contribution in [0.15, 0.2) is 41.4 Å². The molecule has 1 aliphatic rings. The molecule has 0 aliphatic carbocycles. The van der Waals surface area contributed by atoms with Crippen molar-refractivity contribution < 1.29 is 4.74 Å². The second kappa shape index (κ2) is 11.7. The summed E-state index contributed by atoms with van der Waals surface area (Å²) in [5.41, 5.74) is 2.58. The molecule has 2 N–H and O–H groups in total. The molecule has 156 valence electrons. The summed E-state index contributed by atoms with van der Waals surface area (Å²) in [6.07, 6.45) is 3.33. The van der Waals surface area contributed by atoms with E-state index in [1.807, 2.05) is 12.1 Å². The van der Waals surface area contributed by atoms with Crippen LogP contribution in [0.1, 0.15) is 51.5 Å². The van der Waals surface area contributed by atoms with Gasteiger partial charge in [0.25, 0.3) is 0 Å². The van der Waals surface area contributed by atoms with E-state index in [0.29, 0.717) is 12.0 Å². The summed E-state index contributed by atoms with van der Waals surface area (Å²) in [6, 6.07) is 8.85. The number of likely N-dealkylation sites (tertiary alicyclic amines) is 1. The highest BCUT2D eigenvalue weighted by atomic mass is 16.5. The van der Waals surface area contributed by atoms with Gasteiger partial charge in [0.05, 0.1) is 7.11 Å². The molecule has 5 nitrogen and oxygen atoms in total. The number of rotatable bonds is 9. The maximum absolute atomic E-state index is 5.24. The van der Waals surface area contributed by atoms with E-state index < -0.39 is 0 Å². The van der Waals surface area contributed by atoms with Gasteiger partial charge in [-0.25, -0.2) is 0 Å². The van der Waals surface area contributed by atoms with Crippen molar-refractivity contribution in [2.75, 3.05) is 39.8 Å². The molecule has 0 aromatic heterocycles. The van der Waals surface area contributed by atoms with Gasteiger partial charge in [0.1, 0.15) is 5.75 Å². The number of piperidine rings is 1. The lowest BCUT2D eigenvalue weighted by Crippen LogP contribution is -2.48. The summed E-state index contributed by atoms with van der Waals surface area (Å²) in [4.78, 5) is 7.30. The van der Waals surface area contributed by atoms with Gasteiger partial charge in [0.2, 0.25) is 0 Å². The van der Waals surface area contributed by atoms with Crippen molar-refractivity contribution >= 4 is 5.96 Å². The van der Waals surface area contributed by atoms with E-state index in [1.165, 1.54) is 11.1 Å². The lowest BCUT2D eigenvalue weighted by Gasteiger charge is -2.33. The maximum atomic E-state index is 5.24. The SMILES string of the molecule is C=C(C)CN1CCC(NC(=NCCC(C)c2ccc(OC)cc2)NCC)CC1. The number of ether oxygens (including phenoxy) is 1. The van der Waals surface area contributed by atoms with Crippen LogP contribution in [0.25, 0.3) is 0 Å². The van der Waals surface area contributed by atoms with Crippen molar-refractivity contribution in [3.63, 3.8) is 0 Å². The fraction of sp³-hybridized carbons (Fsp3) is 0.609. The predicted molar refractivity (Wildman–Crippen MR) is 119 cm³/mol. The number of methoxy groups -OCH3 is 1. The van der Waals surface area contributed by atoms with Gasteiger partial charge in [-0.05, 0) is 56.7 Å². The number of aliphatic imine (C=N–C) groups is 1. The molecule has 1 aromatic rings. The minimum Gasteiger partial charge on any atom is -0.497 e. The number of nitrogens with one attached hydrogen (secondary N) is 2. The lowest BCUT2D eigenvalue weighted by molar-refractivity contribution is 0.221. The van der Waals surface area contributed by atoms with Crippen LogP contribution in [-0.4, -0.2) is 56.7 Å². The largest absolute Gasteiger partial charge is 0.497 e. The summed E-state index contributed by atoms with van der Waals surface area (Å²) < 4.78 is 5.24. The molecule has 28 heavy (non-hydrogen) atoms. The highest BCUT2D eigenvalue weighted by molar-refractivity contribution is 5.80. The second-order valence-corrected chi connectivity index (χ2v) is 7.88. The van der Waals surface area contributed by atoms with E-state index in [2.05, 4.69) is 55.0 Å². The van der Waals surface area contributed by atoms with Gasteiger partial charge in [0, 0.05) is 38.8 Å². The van der Waals surface area contributed by atoms with Gasteiger partial charge in [-0.3, -0.25) is 9.89 Å². The third-order valence-corrected chi connectivity index (χ3v) is 5.28. The molecule has 0 amide bonds. The number of hydrogen-bond acceptors (Lipinski definition) is 3. The average molecular weight is 387 g/mol. The second-order valence-electron chi connectivity index (χ2n) is 7.88. The Balaban J connectivity index is 1.80. The Bertz CT molecular complexity index is 618. The summed E-state index contributed by atoms with van der Waals surface area (Å²) in [5.74, 6) is 2.33. The molecule has 5 heteroatoms. The van der Waals surface area contributed by atoms with Crippen LogP contribution in [0.3, 0.4) is 0 Å². The summed E-state index contributed by atoms with van der Waals surface area (Å²) in [7, 11) is 1.70. The van der Waals surface area contributed by atoms with Crippen molar-refractivity contribution in [1.82, 2.24) is 15.5 Å². The first-order valence-corrected chi connectivity index (χ1v) is 10.6. The molecule has 1 atom stereocenters. The van der Waals surface area contributed by atoms with Gasteiger partial charge in [-0.1, -0.05) is 31.2 Å². The topological polar surface area (TPSA) is 48.9 Å². The van der Waals surface area contributed by atoms with E-state index in [9.17, 15) is 0 Å². The summed E-state index contributed by atoms with van der Waals surface area (Å²) in [5, 5.41) is 7.03. The van der Waals surface area contributed by atoms with Crippen LogP contribution in [-0.2, 0) is 0 Å². The van der Waals surface area contributed by atoms with Crippen LogP contribution in [0, 0.1) is 0 Å². The van der Waals surface area contributed by atoms with Crippen LogP contribution in [0.4, 0.5) is 0 Å². The average Bonchev–Trinajstić information content (AvgIpc) is 2.69. The lowest BCUT2D eigenvalue weighted by atomic mass is 9.98. The smallest absolute Gasteiger partial charge is 0.191 e. The zero-order chi connectivity index (χ0) is 20.4. The van der Waals surface area contributed by atoms with Crippen molar-refractivity contribution in [3.05, 3.63) is 42.0 Å². The van der Waals surface area contributed by atoms with Crippen molar-refractivity contribution in [2.45, 2.75) is 52.0 Å². The minimum absolute atomic E-state index is 0.475. The summed E-state index contributed by atoms with van der Waals surface area (Å²) >= 11 is 0. The normalized spacial score (nSPS) is 17.2. The Labute approximate surface area is 171 Å². The third-order valence-electron chi connectivity index (χ3n) is 5.28. The first kappa shape index (κ1) is 22.3. The fourth-order valence-corrected chi connectivity index (χ4v) is 3.60. The van der Waals surface area contributed by atoms with Gasteiger partial charge in [-0.2, -0.15) is 0 Å². The Morgan fingerprint density at radius 1 is 1.29 bits per heavy atom. The zero-order valence-electron chi connectivity index (χ0n) is 18.1. The van der Waals surface area contributed by atoms with Crippen LogP contribution in [0.2, 0.25) is 0 Å². The first-order valence-electron chi connectivity index (χ1n) is 10.6. The Hall–Kier alpha value is -2.01. The maximum Gasteiger partial charge on any atom is 0.191 e. The van der Waals surface area contributed by atoms with E-state index >= 15 is 0 Å². The van der Waals surface area contributed by atoms with Crippen molar-refractivity contribution in [1.29, 1.82) is 0 Å². The number of nitrogens with zero attached hydrogens (tertiary/aromatic N) is 2. The van der Waals surface area contributed by atoms with Crippen LogP contribution >= 0.6 is 0 Å². The molecule has 0 bridgehead atoms. The standard InChI is InChI=1S/C23H38N4O/c1-6-24-23(26-21-12-15-27(16-13-21)17-18(2)3)25-14-11-19(4)20-7-9-22(28-5)10-8-20/h7-10,19,21H,2,6,11-17H2,1,3-5H3,(H2,24,25,26). The highest BCUT2D eigenvalue weighted by Gasteiger charge is 2.19. The molecular formula is C23H38N4O. The molecule has 1 fully saturated rings. The first-order chi connectivity index (χ1) is 13.5. The molecule has 1 unspecified atom stereocenters. The quantitative estimate of drug-likeness (QED) is 0.385. The van der Waals surface area contributed by atoms with Gasteiger partial charge in [-0.15, -0.1) is 0 Å².